The summed E-state index contributed by atoms with van der Waals surface area (Å²) in [6.07, 6.45) is 12.9. The molecule has 50 heavy (non-hydrogen) atoms. The summed E-state index contributed by atoms with van der Waals surface area (Å²) in [5, 5.41) is 9.61. The van der Waals surface area contributed by atoms with E-state index < -0.39 is 11.4 Å². The zero-order chi connectivity index (χ0) is 36.8. The van der Waals surface area contributed by atoms with Gasteiger partial charge in [-0.15, -0.1) is 0 Å². The maximum absolute atomic E-state index is 14.1. The summed E-state index contributed by atoms with van der Waals surface area (Å²) in [7, 11) is 4.28. The molecule has 1 saturated heterocycles. The van der Waals surface area contributed by atoms with Gasteiger partial charge in [-0.25, -0.2) is 0 Å². The highest BCUT2D eigenvalue weighted by Crippen LogP contribution is 2.78. The summed E-state index contributed by atoms with van der Waals surface area (Å²) < 4.78 is 6.19. The summed E-state index contributed by atoms with van der Waals surface area (Å²) >= 11 is 0. The Bertz CT molecular complexity index is 1390. The molecule has 6 aliphatic rings. The molecule has 0 aromatic rings. The first-order valence-corrected chi connectivity index (χ1v) is 20.2. The third kappa shape index (κ3) is 5.72. The number of hydrogen-bond donors (Lipinski definition) is 1. The second-order valence-electron chi connectivity index (χ2n) is 20.7. The fraction of sp³-hybridized carbons (Fsp3) is 0.884. The molecule has 7 heteroatoms. The summed E-state index contributed by atoms with van der Waals surface area (Å²) in [5.41, 5.74) is 0.658. The van der Waals surface area contributed by atoms with Crippen molar-refractivity contribution in [1.82, 2.24) is 9.80 Å². The summed E-state index contributed by atoms with van der Waals surface area (Å²) in [5.74, 6) is 1.71. The minimum Gasteiger partial charge on any atom is -0.481 e. The Labute approximate surface area is 303 Å². The molecule has 1 N–H and O–H groups in total. The van der Waals surface area contributed by atoms with Crippen molar-refractivity contribution >= 4 is 17.8 Å². The van der Waals surface area contributed by atoms with Gasteiger partial charge in [-0.2, -0.15) is 0 Å². The largest absolute Gasteiger partial charge is 0.481 e. The molecule has 0 aromatic carbocycles. The van der Waals surface area contributed by atoms with E-state index in [1.807, 2.05) is 0 Å². The second kappa shape index (κ2) is 12.6. The van der Waals surface area contributed by atoms with Crippen molar-refractivity contribution in [2.24, 2.45) is 62.1 Å². The SMILES string of the molecule is C=C(C)[C@@H]1CC[C@]2(CC(=O)N3CC[C@@H](N(C)C)C3)CC[C@]3(C)[C@H](CC[C@@H]4[C@@]5(C)CC[C@H](OC(=O)CC(C)(C)C(=O)O)C(C)(C)[C@@H]5CC[C@]43C)C12. The van der Waals surface area contributed by atoms with Gasteiger partial charge in [0, 0.05) is 31.0 Å². The molecule has 1 unspecified atom stereocenters. The Morgan fingerprint density at radius 2 is 1.58 bits per heavy atom. The van der Waals surface area contributed by atoms with Crippen LogP contribution in [0.3, 0.4) is 0 Å². The van der Waals surface area contributed by atoms with Gasteiger partial charge in [-0.3, -0.25) is 14.4 Å². The standard InChI is InChI=1S/C43H70N2O5/c1-27(2)29-14-20-43(24-34(46)45-23-17-28(26-45)44(10)11)22-21-41(8)30(36(29)43)12-13-32-40(7)18-16-33(50-35(47)25-38(3,4)37(48)49)39(5,6)31(40)15-19-42(32,41)9/h28-33,36H,1,12-26H2,2-11H3,(H,48,49)/t28-,29+,30-,31+,32-,33+,36?,40+,41-,42-,43-/m1/s1. The monoisotopic (exact) mass is 695 g/mol. The fourth-order valence-corrected chi connectivity index (χ4v) is 14.2. The van der Waals surface area contributed by atoms with Crippen LogP contribution in [-0.4, -0.2) is 72.1 Å². The van der Waals surface area contributed by atoms with Crippen molar-refractivity contribution in [2.75, 3.05) is 27.2 Å². The average molecular weight is 695 g/mol. The van der Waals surface area contributed by atoms with Crippen LogP contribution in [-0.2, 0) is 19.1 Å². The van der Waals surface area contributed by atoms with Crippen molar-refractivity contribution in [3.63, 3.8) is 0 Å². The van der Waals surface area contributed by atoms with Gasteiger partial charge in [0.25, 0.3) is 0 Å². The van der Waals surface area contributed by atoms with Crippen LogP contribution in [0.1, 0.15) is 139 Å². The zero-order valence-electron chi connectivity index (χ0n) is 33.3. The summed E-state index contributed by atoms with van der Waals surface area (Å²) in [6.45, 7) is 24.3. The van der Waals surface area contributed by atoms with E-state index in [0.717, 1.165) is 51.6 Å². The van der Waals surface area contributed by atoms with Crippen LogP contribution in [0.4, 0.5) is 0 Å². The van der Waals surface area contributed by atoms with Crippen LogP contribution in [0, 0.1) is 62.1 Å². The number of hydrogen-bond acceptors (Lipinski definition) is 5. The van der Waals surface area contributed by atoms with E-state index in [-0.39, 0.29) is 45.6 Å². The molecule has 6 fully saturated rings. The number of carbonyl (C=O) groups excluding carboxylic acids is 2. The van der Waals surface area contributed by atoms with Crippen LogP contribution in [0.15, 0.2) is 12.2 Å². The van der Waals surface area contributed by atoms with E-state index in [1.54, 1.807) is 13.8 Å². The van der Waals surface area contributed by atoms with Crippen LogP contribution in [0.2, 0.25) is 0 Å². The highest BCUT2D eigenvalue weighted by Gasteiger charge is 2.71. The van der Waals surface area contributed by atoms with Gasteiger partial charge >= 0.3 is 11.9 Å². The Hall–Kier alpha value is -1.89. The molecule has 282 valence electrons. The normalized spacial score (nSPS) is 43.7. The zero-order valence-corrected chi connectivity index (χ0v) is 33.3. The molecular formula is C43H70N2O5. The number of likely N-dealkylation sites (N-methyl/N-ethyl adjacent to an activating group) is 1. The number of rotatable bonds is 8. The number of fused-ring (bicyclic) bond motifs is 7. The van der Waals surface area contributed by atoms with Crippen LogP contribution in [0.25, 0.3) is 0 Å². The molecule has 11 atom stereocenters. The molecule has 1 aliphatic heterocycles. The average Bonchev–Trinajstić information content (AvgIpc) is 3.65. The Kier molecular flexibility index (Phi) is 9.55. The van der Waals surface area contributed by atoms with Crippen molar-refractivity contribution in [3.8, 4) is 0 Å². The third-order valence-electron chi connectivity index (χ3n) is 17.4. The molecule has 1 heterocycles. The Morgan fingerprint density at radius 1 is 0.880 bits per heavy atom. The molecule has 5 aliphatic carbocycles. The minimum absolute atomic E-state index is 0.0878. The lowest BCUT2D eigenvalue weighted by molar-refractivity contribution is -0.250. The fourth-order valence-electron chi connectivity index (χ4n) is 14.2. The lowest BCUT2D eigenvalue weighted by Crippen LogP contribution is -2.67. The van der Waals surface area contributed by atoms with Gasteiger partial charge in [-0.1, -0.05) is 46.8 Å². The van der Waals surface area contributed by atoms with Gasteiger partial charge < -0.3 is 19.6 Å². The van der Waals surface area contributed by atoms with Gasteiger partial charge in [0.05, 0.1) is 11.8 Å². The summed E-state index contributed by atoms with van der Waals surface area (Å²) in [4.78, 5) is 43.4. The number of carboxylic acid groups (broad SMARTS) is 1. The van der Waals surface area contributed by atoms with E-state index in [0.29, 0.717) is 48.0 Å². The number of carbonyl (C=O) groups is 3. The summed E-state index contributed by atoms with van der Waals surface area (Å²) in [6, 6.07) is 0.469. The molecule has 5 saturated carbocycles. The number of likely N-dealkylation sites (tertiary alicyclic amines) is 1. The highest BCUT2D eigenvalue weighted by atomic mass is 16.5. The number of amides is 1. The van der Waals surface area contributed by atoms with Gasteiger partial charge in [0.2, 0.25) is 5.91 Å². The number of esters is 1. The molecular weight excluding hydrogens is 624 g/mol. The topological polar surface area (TPSA) is 87.2 Å². The molecule has 0 bridgehead atoms. The molecule has 0 radical (unpaired) electrons. The van der Waals surface area contributed by atoms with E-state index in [9.17, 15) is 19.5 Å². The van der Waals surface area contributed by atoms with Gasteiger partial charge in [-0.05, 0) is 157 Å². The highest BCUT2D eigenvalue weighted by molar-refractivity contribution is 5.81. The van der Waals surface area contributed by atoms with E-state index in [1.165, 1.54) is 37.7 Å². The number of nitrogens with zero attached hydrogens (tertiary/aromatic N) is 2. The first-order chi connectivity index (χ1) is 23.1. The van der Waals surface area contributed by atoms with Crippen molar-refractivity contribution in [2.45, 2.75) is 151 Å². The number of allylic oxidation sites excluding steroid dienone is 1. The van der Waals surface area contributed by atoms with E-state index in [2.05, 4.69) is 72.0 Å². The van der Waals surface area contributed by atoms with E-state index >= 15 is 0 Å². The maximum atomic E-state index is 14.1. The number of carboxylic acids is 1. The van der Waals surface area contributed by atoms with Crippen molar-refractivity contribution < 1.29 is 24.2 Å². The molecule has 6 rings (SSSR count). The first-order valence-electron chi connectivity index (χ1n) is 20.2. The van der Waals surface area contributed by atoms with Gasteiger partial charge in [0.1, 0.15) is 6.10 Å². The minimum atomic E-state index is -1.14. The Balaban J connectivity index is 1.24. The van der Waals surface area contributed by atoms with Crippen LogP contribution in [0.5, 0.6) is 0 Å². The lowest BCUT2D eigenvalue weighted by atomic mass is 9.32. The second-order valence-corrected chi connectivity index (χ2v) is 20.7. The smallest absolute Gasteiger partial charge is 0.309 e. The van der Waals surface area contributed by atoms with Gasteiger partial charge in [0.15, 0.2) is 0 Å². The van der Waals surface area contributed by atoms with Crippen LogP contribution >= 0.6 is 0 Å². The van der Waals surface area contributed by atoms with Crippen molar-refractivity contribution in [1.29, 1.82) is 0 Å². The lowest BCUT2D eigenvalue weighted by Gasteiger charge is -2.73. The van der Waals surface area contributed by atoms with E-state index in [4.69, 9.17) is 4.74 Å². The van der Waals surface area contributed by atoms with Crippen LogP contribution < -0.4 is 0 Å². The number of aliphatic carboxylic acids is 1. The van der Waals surface area contributed by atoms with Crippen molar-refractivity contribution in [3.05, 3.63) is 12.2 Å². The molecule has 7 nitrogen and oxygen atoms in total. The quantitative estimate of drug-likeness (QED) is 0.202. The molecule has 0 spiro atoms. The Morgan fingerprint density at radius 3 is 2.20 bits per heavy atom. The first kappa shape index (κ1) is 37.9. The maximum Gasteiger partial charge on any atom is 0.309 e. The molecule has 0 aromatic heterocycles. The third-order valence-corrected chi connectivity index (χ3v) is 17.4. The predicted octanol–water partition coefficient (Wildman–Crippen LogP) is 8.61. The predicted molar refractivity (Wildman–Crippen MR) is 198 cm³/mol. The molecule has 1 amide bonds. The number of ether oxygens (including phenoxy) is 1.